The molecule has 1 heterocycles. The Hall–Kier alpha value is -2.18. The summed E-state index contributed by atoms with van der Waals surface area (Å²) in [5.41, 5.74) is 8.84. The van der Waals surface area contributed by atoms with Gasteiger partial charge >= 0.3 is 0 Å². The Balaban J connectivity index is 1.80. The van der Waals surface area contributed by atoms with Crippen LogP contribution in [0, 0.1) is 0 Å². The Morgan fingerprint density at radius 2 is 1.64 bits per heavy atom. The highest BCUT2D eigenvalue weighted by molar-refractivity contribution is 7.88. The quantitative estimate of drug-likeness (QED) is 0.911. The molecule has 1 saturated heterocycles. The van der Waals surface area contributed by atoms with E-state index < -0.39 is 22.0 Å². The average molecular weight is 358 g/mol. The molecule has 0 radical (unpaired) electrons. The first-order chi connectivity index (χ1) is 11.9. The van der Waals surface area contributed by atoms with Crippen LogP contribution in [0.3, 0.4) is 0 Å². The van der Waals surface area contributed by atoms with Gasteiger partial charge in [0.15, 0.2) is 0 Å². The molecule has 1 amide bonds. The summed E-state index contributed by atoms with van der Waals surface area (Å²) in [5, 5.41) is 0. The van der Waals surface area contributed by atoms with E-state index in [1.807, 2.05) is 18.2 Å². The van der Waals surface area contributed by atoms with Crippen LogP contribution in [0.25, 0.3) is 11.1 Å². The molecule has 0 saturated carbocycles. The fourth-order valence-electron chi connectivity index (χ4n) is 3.48. The van der Waals surface area contributed by atoms with E-state index >= 15 is 0 Å². The van der Waals surface area contributed by atoms with Crippen LogP contribution in [0.15, 0.2) is 54.6 Å². The second-order valence-corrected chi connectivity index (χ2v) is 8.44. The van der Waals surface area contributed by atoms with Gasteiger partial charge < -0.3 is 5.73 Å². The van der Waals surface area contributed by atoms with Gasteiger partial charge in [0.2, 0.25) is 15.9 Å². The Bertz CT molecular complexity index is 848. The lowest BCUT2D eigenvalue weighted by molar-refractivity contribution is -0.122. The Morgan fingerprint density at radius 3 is 2.20 bits per heavy atom. The number of carbonyl (C=O) groups excluding carboxylic acids is 1. The molecule has 2 aromatic carbocycles. The first-order valence-corrected chi connectivity index (χ1v) is 10.1. The largest absolute Gasteiger partial charge is 0.368 e. The van der Waals surface area contributed by atoms with E-state index in [0.717, 1.165) is 22.9 Å². The van der Waals surface area contributed by atoms with Gasteiger partial charge in [-0.3, -0.25) is 4.79 Å². The molecule has 3 rings (SSSR count). The molecule has 0 aliphatic carbocycles. The monoisotopic (exact) mass is 358 g/mol. The second-order valence-electron chi connectivity index (χ2n) is 6.50. The number of rotatable bonds is 4. The molecule has 1 aliphatic heterocycles. The molecule has 2 N–H and O–H groups in total. The number of nitrogens with two attached hydrogens (primary N) is 1. The standard InChI is InChI=1S/C19H22N2O3S/c1-25(23,24)21-12-11-17(13-18(21)19(20)22)16-9-7-15(8-10-16)14-5-3-2-4-6-14/h2-10,17-18H,11-13H2,1H3,(H2,20,22)/t17-,18-/m0/s1. The van der Waals surface area contributed by atoms with Crippen LogP contribution in [0.5, 0.6) is 0 Å². The lowest BCUT2D eigenvalue weighted by Crippen LogP contribution is -2.51. The summed E-state index contributed by atoms with van der Waals surface area (Å²) in [7, 11) is -3.44. The molecule has 0 bridgehead atoms. The van der Waals surface area contributed by atoms with Gasteiger partial charge in [0.25, 0.3) is 0 Å². The fourth-order valence-corrected chi connectivity index (χ4v) is 4.57. The van der Waals surface area contributed by atoms with Crippen molar-refractivity contribution in [3.05, 3.63) is 60.2 Å². The van der Waals surface area contributed by atoms with Crippen LogP contribution >= 0.6 is 0 Å². The van der Waals surface area contributed by atoms with Crippen molar-refractivity contribution in [3.63, 3.8) is 0 Å². The number of primary amides is 1. The Kier molecular flexibility index (Phi) is 4.92. The molecule has 1 fully saturated rings. The smallest absolute Gasteiger partial charge is 0.235 e. The molecule has 5 nitrogen and oxygen atoms in total. The minimum Gasteiger partial charge on any atom is -0.368 e. The van der Waals surface area contributed by atoms with Crippen LogP contribution in [0.2, 0.25) is 0 Å². The fraction of sp³-hybridized carbons (Fsp3) is 0.316. The number of benzene rings is 2. The van der Waals surface area contributed by atoms with Gasteiger partial charge in [-0.05, 0) is 35.4 Å². The molecule has 0 unspecified atom stereocenters. The zero-order valence-corrected chi connectivity index (χ0v) is 14.9. The van der Waals surface area contributed by atoms with Crippen molar-refractivity contribution in [1.29, 1.82) is 0 Å². The number of hydrogen-bond donors (Lipinski definition) is 1. The summed E-state index contributed by atoms with van der Waals surface area (Å²) in [6.45, 7) is 0.317. The van der Waals surface area contributed by atoms with Gasteiger partial charge in [-0.25, -0.2) is 8.42 Å². The van der Waals surface area contributed by atoms with Crippen LogP contribution in [-0.4, -0.2) is 37.5 Å². The van der Waals surface area contributed by atoms with E-state index in [0.29, 0.717) is 19.4 Å². The van der Waals surface area contributed by atoms with Gasteiger partial charge in [0, 0.05) is 6.54 Å². The van der Waals surface area contributed by atoms with Crippen molar-refractivity contribution in [2.75, 3.05) is 12.8 Å². The van der Waals surface area contributed by atoms with Gasteiger partial charge in [0.05, 0.1) is 6.26 Å². The highest BCUT2D eigenvalue weighted by Crippen LogP contribution is 2.33. The van der Waals surface area contributed by atoms with E-state index in [-0.39, 0.29) is 5.92 Å². The maximum absolute atomic E-state index is 11.9. The van der Waals surface area contributed by atoms with E-state index in [9.17, 15) is 13.2 Å². The molecule has 2 aromatic rings. The summed E-state index contributed by atoms with van der Waals surface area (Å²) in [6.07, 6.45) is 2.23. The number of carbonyl (C=O) groups is 1. The van der Waals surface area contributed by atoms with Crippen LogP contribution in [0.4, 0.5) is 0 Å². The molecule has 1 aliphatic rings. The van der Waals surface area contributed by atoms with Crippen LogP contribution in [0.1, 0.15) is 24.3 Å². The highest BCUT2D eigenvalue weighted by Gasteiger charge is 2.37. The third kappa shape index (κ3) is 3.91. The van der Waals surface area contributed by atoms with Crippen molar-refractivity contribution in [2.24, 2.45) is 5.73 Å². The van der Waals surface area contributed by atoms with E-state index in [1.165, 1.54) is 4.31 Å². The van der Waals surface area contributed by atoms with E-state index in [4.69, 9.17) is 5.73 Å². The number of amides is 1. The third-order valence-electron chi connectivity index (χ3n) is 4.80. The SMILES string of the molecule is CS(=O)(=O)N1CC[C@H](c2ccc(-c3ccccc3)cc2)C[C@H]1C(N)=O. The summed E-state index contributed by atoms with van der Waals surface area (Å²) in [4.78, 5) is 11.7. The third-order valence-corrected chi connectivity index (χ3v) is 6.09. The topological polar surface area (TPSA) is 80.5 Å². The lowest BCUT2D eigenvalue weighted by Gasteiger charge is -2.36. The summed E-state index contributed by atoms with van der Waals surface area (Å²) in [6, 6.07) is 17.6. The minimum absolute atomic E-state index is 0.125. The van der Waals surface area contributed by atoms with Crippen molar-refractivity contribution >= 4 is 15.9 Å². The van der Waals surface area contributed by atoms with Crippen molar-refractivity contribution < 1.29 is 13.2 Å². The van der Waals surface area contributed by atoms with Gasteiger partial charge in [-0.2, -0.15) is 4.31 Å². The Morgan fingerprint density at radius 1 is 1.04 bits per heavy atom. The van der Waals surface area contributed by atoms with Gasteiger partial charge in [-0.15, -0.1) is 0 Å². The number of hydrogen-bond acceptors (Lipinski definition) is 3. The maximum atomic E-state index is 11.9. The summed E-state index contributed by atoms with van der Waals surface area (Å²) >= 11 is 0. The van der Waals surface area contributed by atoms with Crippen LogP contribution in [-0.2, 0) is 14.8 Å². The number of sulfonamides is 1. The van der Waals surface area contributed by atoms with E-state index in [2.05, 4.69) is 36.4 Å². The predicted octanol–water partition coefficient (Wildman–Crippen LogP) is 2.35. The summed E-state index contributed by atoms with van der Waals surface area (Å²) < 4.78 is 25.0. The average Bonchev–Trinajstić information content (AvgIpc) is 2.61. The predicted molar refractivity (Wildman–Crippen MR) is 98.4 cm³/mol. The normalized spacial score (nSPS) is 21.8. The first kappa shape index (κ1) is 17.6. The molecule has 0 spiro atoms. The lowest BCUT2D eigenvalue weighted by atomic mass is 9.85. The maximum Gasteiger partial charge on any atom is 0.235 e. The van der Waals surface area contributed by atoms with Crippen molar-refractivity contribution in [1.82, 2.24) is 4.31 Å². The molecule has 0 aromatic heterocycles. The first-order valence-electron chi connectivity index (χ1n) is 8.28. The zero-order valence-electron chi connectivity index (χ0n) is 14.1. The van der Waals surface area contributed by atoms with Crippen molar-refractivity contribution in [3.8, 4) is 11.1 Å². The van der Waals surface area contributed by atoms with Crippen LogP contribution < -0.4 is 5.73 Å². The zero-order chi connectivity index (χ0) is 18.0. The molecule has 2 atom stereocenters. The second kappa shape index (κ2) is 6.98. The molecular formula is C19H22N2O3S. The molecular weight excluding hydrogens is 336 g/mol. The minimum atomic E-state index is -3.44. The molecule has 6 heteroatoms. The number of nitrogens with zero attached hydrogens (tertiary/aromatic N) is 1. The molecule has 25 heavy (non-hydrogen) atoms. The number of piperidine rings is 1. The highest BCUT2D eigenvalue weighted by atomic mass is 32.2. The summed E-state index contributed by atoms with van der Waals surface area (Å²) in [5.74, 6) is -0.462. The van der Waals surface area contributed by atoms with Gasteiger partial charge in [-0.1, -0.05) is 54.6 Å². The van der Waals surface area contributed by atoms with E-state index in [1.54, 1.807) is 0 Å². The Labute approximate surface area is 148 Å². The molecule has 132 valence electrons. The van der Waals surface area contributed by atoms with Gasteiger partial charge in [0.1, 0.15) is 6.04 Å². The van der Waals surface area contributed by atoms with Crippen molar-refractivity contribution in [2.45, 2.75) is 24.8 Å².